The molecular formula is C32H51N3O4S. The molecule has 4 rings (SSSR count). The van der Waals surface area contributed by atoms with Gasteiger partial charge in [0.15, 0.2) is 0 Å². The third-order valence-corrected chi connectivity index (χ3v) is 10.9. The first-order valence-corrected chi connectivity index (χ1v) is 16.1. The Hall–Kier alpha value is -1.80. The van der Waals surface area contributed by atoms with Crippen LogP contribution in [0.3, 0.4) is 0 Å². The smallest absolute Gasteiger partial charge is 0.247 e. The summed E-state index contributed by atoms with van der Waals surface area (Å²) in [5.74, 6) is -1.10. The molecule has 0 aromatic rings. The average molecular weight is 574 g/mol. The number of amides is 3. The van der Waals surface area contributed by atoms with Crippen molar-refractivity contribution in [2.75, 3.05) is 32.8 Å². The molecule has 1 N–H and O–H groups in total. The van der Waals surface area contributed by atoms with Gasteiger partial charge in [-0.05, 0) is 51.9 Å². The van der Waals surface area contributed by atoms with E-state index >= 15 is 0 Å². The van der Waals surface area contributed by atoms with Gasteiger partial charge in [-0.25, -0.2) is 0 Å². The minimum absolute atomic E-state index is 0.000129. The lowest BCUT2D eigenvalue weighted by atomic mass is 9.74. The van der Waals surface area contributed by atoms with Crippen LogP contribution < -0.4 is 0 Å². The van der Waals surface area contributed by atoms with Crippen molar-refractivity contribution >= 4 is 29.5 Å². The van der Waals surface area contributed by atoms with Gasteiger partial charge in [-0.1, -0.05) is 64.8 Å². The van der Waals surface area contributed by atoms with E-state index in [4.69, 9.17) is 0 Å². The monoisotopic (exact) mass is 573 g/mol. The van der Waals surface area contributed by atoms with Crippen molar-refractivity contribution in [2.45, 2.75) is 108 Å². The van der Waals surface area contributed by atoms with Gasteiger partial charge in [0.05, 0.1) is 16.6 Å². The second kappa shape index (κ2) is 11.5. The zero-order valence-corrected chi connectivity index (χ0v) is 26.6. The van der Waals surface area contributed by atoms with E-state index in [1.54, 1.807) is 11.8 Å². The molecule has 2 saturated heterocycles. The van der Waals surface area contributed by atoms with Crippen molar-refractivity contribution in [1.29, 1.82) is 0 Å². The van der Waals surface area contributed by atoms with E-state index in [9.17, 15) is 19.5 Å². The predicted molar refractivity (Wildman–Crippen MR) is 162 cm³/mol. The van der Waals surface area contributed by atoms with Crippen LogP contribution in [0.2, 0.25) is 0 Å². The summed E-state index contributed by atoms with van der Waals surface area (Å²) >= 11 is 1.67. The molecule has 224 valence electrons. The zero-order chi connectivity index (χ0) is 29.5. The molecule has 40 heavy (non-hydrogen) atoms. The molecule has 0 saturated carbocycles. The van der Waals surface area contributed by atoms with E-state index in [0.717, 1.165) is 38.5 Å². The van der Waals surface area contributed by atoms with Crippen molar-refractivity contribution in [1.82, 2.24) is 14.7 Å². The molecule has 7 nitrogen and oxygen atoms in total. The van der Waals surface area contributed by atoms with Gasteiger partial charge >= 0.3 is 0 Å². The van der Waals surface area contributed by atoms with Crippen LogP contribution in [0.4, 0.5) is 0 Å². The highest BCUT2D eigenvalue weighted by atomic mass is 32.2. The van der Waals surface area contributed by atoms with Gasteiger partial charge in [-0.3, -0.25) is 14.4 Å². The first-order valence-electron chi connectivity index (χ1n) is 15.3. The normalized spacial score (nSPS) is 32.4. The Labute approximate surface area is 245 Å². The van der Waals surface area contributed by atoms with E-state index in [-0.39, 0.29) is 29.7 Å². The lowest BCUT2D eigenvalue weighted by Crippen LogP contribution is -2.58. The lowest BCUT2D eigenvalue weighted by Gasteiger charge is -2.44. The van der Waals surface area contributed by atoms with E-state index in [0.29, 0.717) is 26.2 Å². The number of thioether (sulfide) groups is 1. The van der Waals surface area contributed by atoms with Gasteiger partial charge in [-0.15, -0.1) is 11.8 Å². The van der Waals surface area contributed by atoms with Crippen LogP contribution in [0.1, 0.15) is 87.0 Å². The van der Waals surface area contributed by atoms with Gasteiger partial charge in [0.25, 0.3) is 0 Å². The minimum atomic E-state index is -0.791. The Bertz CT molecular complexity index is 1050. The summed E-state index contributed by atoms with van der Waals surface area (Å²) in [6.07, 6.45) is 13.4. The highest BCUT2D eigenvalue weighted by molar-refractivity contribution is 8.02. The Morgan fingerprint density at radius 2 is 1.57 bits per heavy atom. The van der Waals surface area contributed by atoms with Crippen LogP contribution in [0.25, 0.3) is 0 Å². The van der Waals surface area contributed by atoms with Crippen LogP contribution in [-0.4, -0.2) is 91.4 Å². The maximum absolute atomic E-state index is 14.7. The molecule has 4 aliphatic heterocycles. The largest absolute Gasteiger partial charge is 0.396 e. The molecular weight excluding hydrogens is 522 g/mol. The fourth-order valence-corrected chi connectivity index (χ4v) is 10.1. The summed E-state index contributed by atoms with van der Waals surface area (Å²) in [7, 11) is 0. The average Bonchev–Trinajstić information content (AvgIpc) is 3.10. The Morgan fingerprint density at radius 3 is 2.23 bits per heavy atom. The van der Waals surface area contributed by atoms with Crippen LogP contribution in [-0.2, 0) is 14.4 Å². The SMILES string of the molecule is CCCN1CC=C[C@]2(C)S[C@]34C=CCN(C(C)(C)CC(C)(C)C)C(=O)C3N(CCCCCCO)C(=O)[C@@H]4[C@@H]2C1=O. The molecule has 0 aromatic heterocycles. The van der Waals surface area contributed by atoms with Gasteiger partial charge in [0, 0.05) is 43.1 Å². The molecule has 0 aliphatic carbocycles. The lowest BCUT2D eigenvalue weighted by molar-refractivity contribution is -0.147. The van der Waals surface area contributed by atoms with Crippen LogP contribution in [0.15, 0.2) is 24.3 Å². The van der Waals surface area contributed by atoms with Crippen molar-refractivity contribution in [3.8, 4) is 0 Å². The maximum Gasteiger partial charge on any atom is 0.247 e. The number of unbranched alkanes of at least 4 members (excludes halogenated alkanes) is 3. The molecule has 0 radical (unpaired) electrons. The summed E-state index contributed by atoms with van der Waals surface area (Å²) < 4.78 is -1.35. The van der Waals surface area contributed by atoms with Crippen molar-refractivity contribution in [3.63, 3.8) is 0 Å². The van der Waals surface area contributed by atoms with Crippen LogP contribution >= 0.6 is 11.8 Å². The highest BCUT2D eigenvalue weighted by Crippen LogP contribution is 2.65. The summed E-state index contributed by atoms with van der Waals surface area (Å²) in [6.45, 7) is 17.4. The minimum Gasteiger partial charge on any atom is -0.396 e. The number of aliphatic hydroxyl groups excluding tert-OH is 1. The second-order valence-electron chi connectivity index (χ2n) is 14.3. The van der Waals surface area contributed by atoms with Crippen molar-refractivity contribution < 1.29 is 19.5 Å². The van der Waals surface area contributed by atoms with E-state index < -0.39 is 32.9 Å². The van der Waals surface area contributed by atoms with Crippen molar-refractivity contribution in [3.05, 3.63) is 24.3 Å². The molecule has 0 bridgehead atoms. The number of likely N-dealkylation sites (tertiary alicyclic amines) is 1. The fourth-order valence-electron chi connectivity index (χ4n) is 7.97. The molecule has 1 spiro atoms. The van der Waals surface area contributed by atoms with Gasteiger partial charge < -0.3 is 19.8 Å². The molecule has 4 aliphatic rings. The number of hydrogen-bond acceptors (Lipinski definition) is 5. The highest BCUT2D eigenvalue weighted by Gasteiger charge is 2.74. The summed E-state index contributed by atoms with van der Waals surface area (Å²) in [5, 5.41) is 9.21. The number of aliphatic hydroxyl groups is 1. The van der Waals surface area contributed by atoms with Gasteiger partial charge in [0.2, 0.25) is 17.7 Å². The van der Waals surface area contributed by atoms with Gasteiger partial charge in [0.1, 0.15) is 6.04 Å². The van der Waals surface area contributed by atoms with E-state index in [1.165, 1.54) is 0 Å². The quantitative estimate of drug-likeness (QED) is 0.304. The first-order chi connectivity index (χ1) is 18.7. The van der Waals surface area contributed by atoms with E-state index in [2.05, 4.69) is 72.8 Å². The van der Waals surface area contributed by atoms with E-state index in [1.807, 2.05) is 14.7 Å². The van der Waals surface area contributed by atoms with Crippen LogP contribution in [0, 0.1) is 17.3 Å². The number of rotatable bonds is 10. The topological polar surface area (TPSA) is 81.2 Å². The molecule has 8 heteroatoms. The Kier molecular flexibility index (Phi) is 8.93. The third kappa shape index (κ3) is 5.51. The Morgan fingerprint density at radius 1 is 0.900 bits per heavy atom. The van der Waals surface area contributed by atoms with Crippen molar-refractivity contribution in [2.24, 2.45) is 17.3 Å². The second-order valence-corrected chi connectivity index (χ2v) is 16.0. The zero-order valence-electron chi connectivity index (χ0n) is 25.7. The Balaban J connectivity index is 1.78. The molecule has 0 aromatic carbocycles. The fraction of sp³-hybridized carbons (Fsp3) is 0.781. The third-order valence-electron chi connectivity index (χ3n) is 9.13. The standard InChI is InChI=1S/C32H51N3O4S/c1-8-17-33-18-13-15-31(7)23(26(33)37)24-27(38)34(19-11-9-10-12-21-36)25-28(39)35(20-14-16-32(24,25)40-31)30(5,6)22-29(2,3)4/h13-16,23-25,36H,8-12,17-22H2,1-7H3/t23-,24+,25?,31+,32+/m1/s1. The number of fused-ring (bicyclic) bond motifs is 2. The van der Waals surface area contributed by atoms with Gasteiger partial charge in [-0.2, -0.15) is 0 Å². The molecule has 5 atom stereocenters. The predicted octanol–water partition coefficient (Wildman–Crippen LogP) is 4.65. The molecule has 3 amide bonds. The molecule has 4 heterocycles. The maximum atomic E-state index is 14.7. The molecule has 1 unspecified atom stereocenters. The number of carbonyl (C=O) groups is 3. The number of nitrogens with zero attached hydrogens (tertiary/aromatic N) is 3. The number of carbonyl (C=O) groups excluding carboxylic acids is 3. The summed E-state index contributed by atoms with van der Waals surface area (Å²) in [4.78, 5) is 49.1. The summed E-state index contributed by atoms with van der Waals surface area (Å²) in [5.41, 5.74) is -0.370. The van der Waals surface area contributed by atoms with Crippen LogP contribution in [0.5, 0.6) is 0 Å². The first kappa shape index (κ1) is 31.1. The molecule has 2 fully saturated rings. The number of hydrogen-bond donors (Lipinski definition) is 1. The summed E-state index contributed by atoms with van der Waals surface area (Å²) in [6, 6.07) is -0.643.